The molecule has 0 unspecified atom stereocenters. The van der Waals surface area contributed by atoms with Gasteiger partial charge in [0.2, 0.25) is 6.33 Å². The van der Waals surface area contributed by atoms with Gasteiger partial charge in [0.15, 0.2) is 0 Å². The van der Waals surface area contributed by atoms with E-state index in [0.29, 0.717) is 0 Å². The molecule has 4 heterocycles. The van der Waals surface area contributed by atoms with Gasteiger partial charge in [0.25, 0.3) is 0 Å². The number of pyridine rings is 2. The number of rotatable bonds is 4. The van der Waals surface area contributed by atoms with Gasteiger partial charge in [0.1, 0.15) is 17.1 Å². The van der Waals surface area contributed by atoms with Crippen LogP contribution in [-0.4, -0.2) is 18.9 Å². The molecular formula is C29H31N5O. The molecule has 0 fully saturated rings. The van der Waals surface area contributed by atoms with Crippen molar-refractivity contribution in [1.29, 1.82) is 0 Å². The Bertz CT molecular complexity index is 1550. The molecule has 1 aromatic carbocycles. The lowest BCUT2D eigenvalue weighted by molar-refractivity contribution is -0.675. The van der Waals surface area contributed by atoms with Crippen LogP contribution in [0, 0.1) is 27.1 Å². The zero-order valence-corrected chi connectivity index (χ0v) is 21.4. The van der Waals surface area contributed by atoms with Gasteiger partial charge in [-0.1, -0.05) is 32.9 Å². The van der Waals surface area contributed by atoms with E-state index in [9.17, 15) is 0 Å². The normalized spacial score (nSPS) is 11.9. The number of hydrogen-bond acceptors (Lipinski definition) is 3. The highest BCUT2D eigenvalue weighted by Gasteiger charge is 2.18. The summed E-state index contributed by atoms with van der Waals surface area (Å²) in [6.07, 6.45) is 7.21. The molecule has 5 aromatic rings. The Hall–Kier alpha value is -3.93. The fraction of sp³-hybridized carbons (Fsp3) is 0.276. The number of fused-ring (bicyclic) bond motifs is 1. The van der Waals surface area contributed by atoms with Gasteiger partial charge in [-0.05, 0) is 56.0 Å². The van der Waals surface area contributed by atoms with E-state index in [1.165, 1.54) is 5.56 Å². The second kappa shape index (κ2) is 8.38. The molecule has 0 aliphatic heterocycles. The number of nitrogens with zero attached hydrogens (tertiary/aromatic N) is 5. The zero-order chi connectivity index (χ0) is 24.9. The van der Waals surface area contributed by atoms with Gasteiger partial charge in [-0.15, -0.1) is 0 Å². The molecule has 0 N–H and O–H groups in total. The largest absolute Gasteiger partial charge is 0.458 e. The van der Waals surface area contributed by atoms with Crippen LogP contribution in [0.2, 0.25) is 0 Å². The summed E-state index contributed by atoms with van der Waals surface area (Å²) in [6.45, 7) is 12.8. The van der Waals surface area contributed by atoms with Crippen molar-refractivity contribution in [3.05, 3.63) is 89.9 Å². The predicted molar refractivity (Wildman–Crippen MR) is 137 cm³/mol. The molecule has 4 aromatic heterocycles. The van der Waals surface area contributed by atoms with Crippen LogP contribution < -0.4 is 9.30 Å². The lowest BCUT2D eigenvalue weighted by Gasteiger charge is -2.20. The minimum Gasteiger partial charge on any atom is -0.458 e. The summed E-state index contributed by atoms with van der Waals surface area (Å²) in [5.41, 5.74) is 8.13. The zero-order valence-electron chi connectivity index (χ0n) is 21.4. The molecule has 6 nitrogen and oxygen atoms in total. The predicted octanol–water partition coefficient (Wildman–Crippen LogP) is 5.83. The number of aromatic nitrogens is 5. The lowest BCUT2D eigenvalue weighted by atomic mass is 9.87. The van der Waals surface area contributed by atoms with Gasteiger partial charge in [-0.2, -0.15) is 0 Å². The molecule has 0 spiro atoms. The van der Waals surface area contributed by atoms with Gasteiger partial charge in [-0.3, -0.25) is 9.38 Å². The highest BCUT2D eigenvalue weighted by atomic mass is 16.5. The van der Waals surface area contributed by atoms with Crippen LogP contribution >= 0.6 is 0 Å². The molecule has 0 bridgehead atoms. The Morgan fingerprint density at radius 3 is 2.49 bits per heavy atom. The van der Waals surface area contributed by atoms with Crippen molar-refractivity contribution in [2.75, 3.05) is 0 Å². The van der Waals surface area contributed by atoms with Crippen LogP contribution in [0.5, 0.6) is 11.5 Å². The first kappa shape index (κ1) is 22.8. The molecule has 0 atom stereocenters. The Balaban J connectivity index is 1.61. The van der Waals surface area contributed by atoms with Crippen molar-refractivity contribution in [2.24, 2.45) is 7.05 Å². The Morgan fingerprint density at radius 2 is 1.77 bits per heavy atom. The fourth-order valence-corrected chi connectivity index (χ4v) is 4.38. The maximum atomic E-state index is 6.39. The first-order chi connectivity index (χ1) is 16.6. The molecule has 6 heteroatoms. The summed E-state index contributed by atoms with van der Waals surface area (Å²) < 4.78 is 12.5. The van der Waals surface area contributed by atoms with Crippen molar-refractivity contribution in [1.82, 2.24) is 18.9 Å². The van der Waals surface area contributed by atoms with Gasteiger partial charge in [0, 0.05) is 35.9 Å². The summed E-state index contributed by atoms with van der Waals surface area (Å²) in [7, 11) is 1.97. The first-order valence-electron chi connectivity index (χ1n) is 11.8. The van der Waals surface area contributed by atoms with Gasteiger partial charge >= 0.3 is 0 Å². The highest BCUT2D eigenvalue weighted by molar-refractivity contribution is 5.66. The third-order valence-corrected chi connectivity index (χ3v) is 6.35. The van der Waals surface area contributed by atoms with Crippen molar-refractivity contribution >= 4 is 5.65 Å². The number of imidazole rings is 2. The van der Waals surface area contributed by atoms with E-state index < -0.39 is 0 Å². The summed E-state index contributed by atoms with van der Waals surface area (Å²) in [6, 6.07) is 16.3. The molecule has 0 radical (unpaired) electrons. The third kappa shape index (κ3) is 4.32. The van der Waals surface area contributed by atoms with Crippen LogP contribution in [0.1, 0.15) is 43.4 Å². The SMILES string of the molecule is Cc1nc2cc(Oc3cccc(-n4[c-][n+](C)cc4C)c3)cc(-c3cc(C(C)(C)C)ccn3)n2c1C. The Kier molecular flexibility index (Phi) is 5.47. The van der Waals surface area contributed by atoms with Crippen LogP contribution in [0.15, 0.2) is 60.9 Å². The van der Waals surface area contributed by atoms with Crippen molar-refractivity contribution in [3.63, 3.8) is 0 Å². The number of aryl methyl sites for hydroxylation is 4. The summed E-state index contributed by atoms with van der Waals surface area (Å²) in [4.78, 5) is 9.52. The van der Waals surface area contributed by atoms with E-state index in [1.54, 1.807) is 0 Å². The summed E-state index contributed by atoms with van der Waals surface area (Å²) in [5.74, 6) is 1.47. The van der Waals surface area contributed by atoms with Crippen LogP contribution in [-0.2, 0) is 12.5 Å². The second-order valence-electron chi connectivity index (χ2n) is 10.1. The molecule has 0 aliphatic carbocycles. The maximum absolute atomic E-state index is 6.39. The molecule has 0 saturated carbocycles. The van der Waals surface area contributed by atoms with Gasteiger partial charge in [0.05, 0.1) is 29.8 Å². The molecule has 5 rings (SSSR count). The van der Waals surface area contributed by atoms with Crippen LogP contribution in [0.3, 0.4) is 0 Å². The van der Waals surface area contributed by atoms with E-state index >= 15 is 0 Å². The molecular weight excluding hydrogens is 434 g/mol. The Labute approximate surface area is 206 Å². The minimum absolute atomic E-state index is 0.0233. The molecule has 0 aliphatic rings. The van der Waals surface area contributed by atoms with Crippen molar-refractivity contribution in [3.8, 4) is 28.6 Å². The fourth-order valence-electron chi connectivity index (χ4n) is 4.38. The van der Waals surface area contributed by atoms with Crippen molar-refractivity contribution in [2.45, 2.75) is 47.0 Å². The quantitative estimate of drug-likeness (QED) is 0.248. The van der Waals surface area contributed by atoms with Gasteiger partial charge in [-0.25, -0.2) is 4.98 Å². The van der Waals surface area contributed by atoms with Gasteiger partial charge < -0.3 is 13.9 Å². The number of hydrogen-bond donors (Lipinski definition) is 0. The third-order valence-electron chi connectivity index (χ3n) is 6.35. The topological polar surface area (TPSA) is 48.2 Å². The monoisotopic (exact) mass is 465 g/mol. The summed E-state index contributed by atoms with van der Waals surface area (Å²) in [5, 5.41) is 0. The van der Waals surface area contributed by atoms with Crippen LogP contribution in [0.25, 0.3) is 22.7 Å². The second-order valence-corrected chi connectivity index (χ2v) is 10.1. The van der Waals surface area contributed by atoms with E-state index in [1.807, 2.05) is 65.8 Å². The molecule has 0 amide bonds. The lowest BCUT2D eigenvalue weighted by Crippen LogP contribution is -2.24. The Morgan fingerprint density at radius 1 is 0.971 bits per heavy atom. The van der Waals surface area contributed by atoms with Crippen LogP contribution in [0.4, 0.5) is 0 Å². The molecule has 0 saturated heterocycles. The highest BCUT2D eigenvalue weighted by Crippen LogP contribution is 2.33. The maximum Gasteiger partial charge on any atom is 0.243 e. The van der Waals surface area contributed by atoms with E-state index in [0.717, 1.165) is 51.3 Å². The van der Waals surface area contributed by atoms with E-state index in [4.69, 9.17) is 14.7 Å². The minimum atomic E-state index is 0.0233. The average Bonchev–Trinajstić information content (AvgIpc) is 3.30. The van der Waals surface area contributed by atoms with E-state index in [-0.39, 0.29) is 5.41 Å². The first-order valence-corrected chi connectivity index (χ1v) is 11.8. The van der Waals surface area contributed by atoms with E-state index in [2.05, 4.69) is 63.5 Å². The average molecular weight is 466 g/mol. The standard InChI is InChI=1S/C29H31N5O/c1-19-17-32(7)18-33(19)23-9-8-10-24(14-23)35-25-15-27(34-21(3)20(2)31-28(34)16-25)26-13-22(11-12-30-26)29(4,5)6/h8-17H,1-7H3. The number of ether oxygens (including phenoxy) is 1. The van der Waals surface area contributed by atoms with Crippen molar-refractivity contribution < 1.29 is 9.30 Å². The molecule has 178 valence electrons. The summed E-state index contributed by atoms with van der Waals surface area (Å²) >= 11 is 0. The smallest absolute Gasteiger partial charge is 0.243 e. The molecule has 35 heavy (non-hydrogen) atoms. The number of benzene rings is 1.